The molecule has 3 rings (SSSR count). The fraction of sp³-hybridized carbons (Fsp3) is 0.412. The molecule has 6 heteroatoms. The molecule has 0 bridgehead atoms. The number of ether oxygens (including phenoxy) is 2. The maximum atomic E-state index is 12.5. The number of nitrogens with zero attached hydrogens (tertiary/aromatic N) is 3. The number of amides is 1. The summed E-state index contributed by atoms with van der Waals surface area (Å²) in [5.74, 6) is 0.898. The fourth-order valence-electron chi connectivity index (χ4n) is 2.64. The number of methoxy groups -OCH3 is 1. The molecule has 0 aliphatic carbocycles. The first kappa shape index (κ1) is 15.6. The van der Waals surface area contributed by atoms with Gasteiger partial charge in [0, 0.05) is 24.8 Å². The Bertz CT molecular complexity index is 660. The number of aromatic nitrogens is 2. The molecule has 1 amide bonds. The molecule has 2 aromatic rings. The normalized spacial score (nSPS) is 16.2. The van der Waals surface area contributed by atoms with Gasteiger partial charge in [0.05, 0.1) is 26.5 Å². The monoisotopic (exact) mass is 315 g/mol. The summed E-state index contributed by atoms with van der Waals surface area (Å²) < 4.78 is 12.2. The van der Waals surface area contributed by atoms with E-state index in [1.807, 2.05) is 42.3 Å². The molecule has 1 aromatic heterocycles. The molecule has 0 radical (unpaired) electrons. The van der Waals surface area contributed by atoms with Gasteiger partial charge >= 0.3 is 0 Å². The number of benzene rings is 1. The third kappa shape index (κ3) is 3.37. The van der Waals surface area contributed by atoms with Crippen LogP contribution in [0.5, 0.6) is 5.75 Å². The van der Waals surface area contributed by atoms with Crippen LogP contribution in [0.3, 0.4) is 0 Å². The lowest BCUT2D eigenvalue weighted by Gasteiger charge is -2.29. The van der Waals surface area contributed by atoms with Crippen molar-refractivity contribution in [1.82, 2.24) is 14.7 Å². The van der Waals surface area contributed by atoms with Crippen molar-refractivity contribution >= 4 is 5.91 Å². The Morgan fingerprint density at radius 3 is 2.57 bits per heavy atom. The molecule has 0 spiro atoms. The van der Waals surface area contributed by atoms with E-state index in [1.165, 1.54) is 0 Å². The van der Waals surface area contributed by atoms with Gasteiger partial charge < -0.3 is 14.4 Å². The second-order valence-corrected chi connectivity index (χ2v) is 5.55. The molecule has 1 saturated heterocycles. The minimum Gasteiger partial charge on any atom is -0.497 e. The van der Waals surface area contributed by atoms with Crippen molar-refractivity contribution in [3.63, 3.8) is 0 Å². The highest BCUT2D eigenvalue weighted by atomic mass is 16.5. The SMILES string of the molecule is COc1ccc(-c2cnn(C(C)C(=O)N3CCOCC3)c2)cc1. The second kappa shape index (κ2) is 6.83. The van der Waals surface area contributed by atoms with Crippen molar-refractivity contribution in [3.8, 4) is 16.9 Å². The molecule has 1 unspecified atom stereocenters. The van der Waals surface area contributed by atoms with Crippen LogP contribution in [0.1, 0.15) is 13.0 Å². The zero-order valence-corrected chi connectivity index (χ0v) is 13.4. The minimum absolute atomic E-state index is 0.0812. The smallest absolute Gasteiger partial charge is 0.247 e. The summed E-state index contributed by atoms with van der Waals surface area (Å²) in [4.78, 5) is 14.4. The molecule has 0 N–H and O–H groups in total. The number of hydrogen-bond donors (Lipinski definition) is 0. The molecule has 1 aliphatic heterocycles. The number of rotatable bonds is 4. The average Bonchev–Trinajstić information content (AvgIpc) is 3.11. The first-order valence-corrected chi connectivity index (χ1v) is 7.74. The van der Waals surface area contributed by atoms with Gasteiger partial charge in [0.1, 0.15) is 11.8 Å². The molecule has 1 aliphatic rings. The molecule has 1 aromatic carbocycles. The molecule has 0 saturated carbocycles. The van der Waals surface area contributed by atoms with Crippen LogP contribution >= 0.6 is 0 Å². The molecule has 23 heavy (non-hydrogen) atoms. The van der Waals surface area contributed by atoms with Gasteiger partial charge in [-0.1, -0.05) is 12.1 Å². The summed E-state index contributed by atoms with van der Waals surface area (Å²) in [5.41, 5.74) is 2.03. The first-order chi connectivity index (χ1) is 11.2. The van der Waals surface area contributed by atoms with Crippen molar-refractivity contribution in [3.05, 3.63) is 36.7 Å². The van der Waals surface area contributed by atoms with Gasteiger partial charge in [-0.15, -0.1) is 0 Å². The lowest BCUT2D eigenvalue weighted by atomic mass is 10.1. The van der Waals surface area contributed by atoms with E-state index in [9.17, 15) is 4.79 Å². The van der Waals surface area contributed by atoms with E-state index in [1.54, 1.807) is 18.0 Å². The third-order valence-electron chi connectivity index (χ3n) is 4.10. The van der Waals surface area contributed by atoms with Crippen molar-refractivity contribution in [2.75, 3.05) is 33.4 Å². The fourth-order valence-corrected chi connectivity index (χ4v) is 2.64. The highest BCUT2D eigenvalue weighted by Gasteiger charge is 2.24. The van der Waals surface area contributed by atoms with E-state index in [0.29, 0.717) is 26.3 Å². The Morgan fingerprint density at radius 2 is 1.91 bits per heavy atom. The van der Waals surface area contributed by atoms with E-state index < -0.39 is 0 Å². The molecular formula is C17H21N3O3. The van der Waals surface area contributed by atoms with Crippen LogP contribution in [-0.4, -0.2) is 54.0 Å². The van der Waals surface area contributed by atoms with Crippen LogP contribution in [0.15, 0.2) is 36.7 Å². The Balaban J connectivity index is 1.73. The summed E-state index contributed by atoms with van der Waals surface area (Å²) in [7, 11) is 1.64. The van der Waals surface area contributed by atoms with E-state index in [4.69, 9.17) is 9.47 Å². The van der Waals surface area contributed by atoms with Gasteiger partial charge in [0.15, 0.2) is 0 Å². The maximum Gasteiger partial charge on any atom is 0.247 e. The van der Waals surface area contributed by atoms with Gasteiger partial charge in [0.25, 0.3) is 0 Å². The highest BCUT2D eigenvalue weighted by molar-refractivity contribution is 5.80. The summed E-state index contributed by atoms with van der Waals surface area (Å²) in [5, 5.41) is 4.36. The van der Waals surface area contributed by atoms with E-state index in [0.717, 1.165) is 16.9 Å². The quantitative estimate of drug-likeness (QED) is 0.866. The summed E-state index contributed by atoms with van der Waals surface area (Å²) in [6.07, 6.45) is 3.69. The van der Waals surface area contributed by atoms with Crippen LogP contribution < -0.4 is 4.74 Å². The Kier molecular flexibility index (Phi) is 4.62. The number of morpholine rings is 1. The average molecular weight is 315 g/mol. The molecule has 2 heterocycles. The summed E-state index contributed by atoms with van der Waals surface area (Å²) in [6, 6.07) is 7.47. The van der Waals surface area contributed by atoms with Gasteiger partial charge in [-0.3, -0.25) is 9.48 Å². The van der Waals surface area contributed by atoms with Crippen molar-refractivity contribution in [1.29, 1.82) is 0 Å². The molecule has 1 atom stereocenters. The topological polar surface area (TPSA) is 56.6 Å². The summed E-state index contributed by atoms with van der Waals surface area (Å²) in [6.45, 7) is 4.39. The predicted molar refractivity (Wildman–Crippen MR) is 86.3 cm³/mol. The van der Waals surface area contributed by atoms with Crippen LogP contribution in [-0.2, 0) is 9.53 Å². The standard InChI is InChI=1S/C17H21N3O3/c1-13(17(21)19-7-9-23-10-8-19)20-12-15(11-18-20)14-3-5-16(22-2)6-4-14/h3-6,11-13H,7-10H2,1-2H3. The van der Waals surface area contributed by atoms with Gasteiger partial charge in [-0.25, -0.2) is 0 Å². The third-order valence-corrected chi connectivity index (χ3v) is 4.10. The highest BCUT2D eigenvalue weighted by Crippen LogP contribution is 2.23. The van der Waals surface area contributed by atoms with Crippen LogP contribution in [0.2, 0.25) is 0 Å². The molecule has 1 fully saturated rings. The largest absolute Gasteiger partial charge is 0.497 e. The van der Waals surface area contributed by atoms with Crippen molar-refractivity contribution < 1.29 is 14.3 Å². The Morgan fingerprint density at radius 1 is 1.22 bits per heavy atom. The zero-order valence-electron chi connectivity index (χ0n) is 13.4. The zero-order chi connectivity index (χ0) is 16.2. The Labute approximate surface area is 135 Å². The predicted octanol–water partition coefficient (Wildman–Crippen LogP) is 1.98. The number of carbonyl (C=O) groups excluding carboxylic acids is 1. The number of hydrogen-bond acceptors (Lipinski definition) is 4. The van der Waals surface area contributed by atoms with E-state index >= 15 is 0 Å². The van der Waals surface area contributed by atoms with E-state index in [2.05, 4.69) is 5.10 Å². The van der Waals surface area contributed by atoms with Gasteiger partial charge in [0.2, 0.25) is 5.91 Å². The lowest BCUT2D eigenvalue weighted by Crippen LogP contribution is -2.43. The lowest BCUT2D eigenvalue weighted by molar-refractivity contribution is -0.138. The molecular weight excluding hydrogens is 294 g/mol. The minimum atomic E-state index is -0.319. The van der Waals surface area contributed by atoms with Crippen LogP contribution in [0, 0.1) is 0 Å². The van der Waals surface area contributed by atoms with Crippen LogP contribution in [0.4, 0.5) is 0 Å². The second-order valence-electron chi connectivity index (χ2n) is 5.55. The van der Waals surface area contributed by atoms with Gasteiger partial charge in [-0.2, -0.15) is 5.10 Å². The van der Waals surface area contributed by atoms with Crippen molar-refractivity contribution in [2.45, 2.75) is 13.0 Å². The van der Waals surface area contributed by atoms with E-state index in [-0.39, 0.29) is 11.9 Å². The van der Waals surface area contributed by atoms with Crippen molar-refractivity contribution in [2.24, 2.45) is 0 Å². The Hall–Kier alpha value is -2.34. The molecule has 122 valence electrons. The van der Waals surface area contributed by atoms with Crippen LogP contribution in [0.25, 0.3) is 11.1 Å². The maximum absolute atomic E-state index is 12.5. The first-order valence-electron chi connectivity index (χ1n) is 7.74. The summed E-state index contributed by atoms with van der Waals surface area (Å²) >= 11 is 0. The molecule has 6 nitrogen and oxygen atoms in total. The number of carbonyl (C=O) groups is 1. The van der Waals surface area contributed by atoms with Gasteiger partial charge in [-0.05, 0) is 24.6 Å².